The third kappa shape index (κ3) is 3.53. The number of carbonyl (C=O) groups excluding carboxylic acids is 3. The Balaban J connectivity index is 1.79. The van der Waals surface area contributed by atoms with Gasteiger partial charge in [0.1, 0.15) is 17.8 Å². The molecule has 1 saturated heterocycles. The lowest BCUT2D eigenvalue weighted by Gasteiger charge is -2.23. The molecule has 0 spiro atoms. The van der Waals surface area contributed by atoms with Crippen molar-refractivity contribution in [1.82, 2.24) is 10.2 Å². The summed E-state index contributed by atoms with van der Waals surface area (Å²) in [5.74, 6) is -0.579. The molecule has 146 valence electrons. The van der Waals surface area contributed by atoms with Gasteiger partial charge in [-0.05, 0) is 37.6 Å². The molecule has 1 atom stereocenters. The Bertz CT molecular complexity index is 962. The molecule has 3 rings (SSSR count). The van der Waals surface area contributed by atoms with Gasteiger partial charge >= 0.3 is 6.03 Å². The number of hydrogen-bond donors (Lipinski definition) is 2. The number of urea groups is 1. The van der Waals surface area contributed by atoms with E-state index in [0.717, 1.165) is 10.5 Å². The van der Waals surface area contributed by atoms with E-state index < -0.39 is 29.9 Å². The summed E-state index contributed by atoms with van der Waals surface area (Å²) in [5, 5.41) is 5.68. The Labute approximate surface area is 167 Å². The lowest BCUT2D eigenvalue weighted by molar-refractivity contribution is -0.133. The highest BCUT2D eigenvalue weighted by atomic mass is 35.5. The molecule has 28 heavy (non-hydrogen) atoms. The van der Waals surface area contributed by atoms with Crippen molar-refractivity contribution in [1.29, 1.82) is 0 Å². The van der Waals surface area contributed by atoms with Gasteiger partial charge in [0.2, 0.25) is 5.91 Å². The van der Waals surface area contributed by atoms with Crippen molar-refractivity contribution in [2.24, 2.45) is 0 Å². The van der Waals surface area contributed by atoms with Gasteiger partial charge in [0.25, 0.3) is 5.91 Å². The number of halogens is 1. The fourth-order valence-electron chi connectivity index (χ4n) is 3.14. The van der Waals surface area contributed by atoms with E-state index in [9.17, 15) is 14.4 Å². The van der Waals surface area contributed by atoms with Crippen molar-refractivity contribution in [3.05, 3.63) is 58.6 Å². The summed E-state index contributed by atoms with van der Waals surface area (Å²) in [4.78, 5) is 38.7. The van der Waals surface area contributed by atoms with E-state index in [1.807, 2.05) is 13.0 Å². The zero-order valence-corrected chi connectivity index (χ0v) is 16.5. The normalized spacial score (nSPS) is 18.8. The number of carbonyl (C=O) groups is 3. The molecule has 0 radical (unpaired) electrons. The lowest BCUT2D eigenvalue weighted by atomic mass is 9.92. The molecule has 0 saturated carbocycles. The largest absolute Gasteiger partial charge is 0.495 e. The molecule has 7 nitrogen and oxygen atoms in total. The third-order valence-electron chi connectivity index (χ3n) is 4.62. The van der Waals surface area contributed by atoms with Gasteiger partial charge in [0.15, 0.2) is 0 Å². The lowest BCUT2D eigenvalue weighted by Crippen LogP contribution is -2.42. The molecule has 1 fully saturated rings. The average molecular weight is 402 g/mol. The molecule has 2 aromatic rings. The van der Waals surface area contributed by atoms with Crippen LogP contribution in [0.25, 0.3) is 0 Å². The van der Waals surface area contributed by atoms with Crippen LogP contribution in [0.15, 0.2) is 42.5 Å². The number of anilines is 1. The molecule has 0 aliphatic carbocycles. The van der Waals surface area contributed by atoms with E-state index >= 15 is 0 Å². The molecular formula is C20H20ClN3O4. The Kier molecular flexibility index (Phi) is 5.29. The van der Waals surface area contributed by atoms with Crippen molar-refractivity contribution in [2.75, 3.05) is 19.0 Å². The third-order valence-corrected chi connectivity index (χ3v) is 4.95. The van der Waals surface area contributed by atoms with Gasteiger partial charge in [0.05, 0.1) is 12.8 Å². The van der Waals surface area contributed by atoms with Crippen molar-refractivity contribution >= 4 is 35.1 Å². The minimum atomic E-state index is -1.34. The number of imide groups is 1. The predicted molar refractivity (Wildman–Crippen MR) is 105 cm³/mol. The second-order valence-corrected chi connectivity index (χ2v) is 7.09. The molecule has 0 aromatic heterocycles. The molecule has 1 aliphatic heterocycles. The zero-order valence-electron chi connectivity index (χ0n) is 15.7. The van der Waals surface area contributed by atoms with Crippen LogP contribution < -0.4 is 15.4 Å². The Morgan fingerprint density at radius 2 is 1.96 bits per heavy atom. The van der Waals surface area contributed by atoms with Gasteiger partial charge in [-0.3, -0.25) is 14.5 Å². The van der Waals surface area contributed by atoms with E-state index in [4.69, 9.17) is 16.3 Å². The van der Waals surface area contributed by atoms with E-state index in [1.165, 1.54) is 7.11 Å². The first-order chi connectivity index (χ1) is 13.3. The highest BCUT2D eigenvalue weighted by molar-refractivity contribution is 6.32. The minimum Gasteiger partial charge on any atom is -0.495 e. The maximum absolute atomic E-state index is 12.9. The fraction of sp³-hybridized carbons (Fsp3) is 0.250. The maximum atomic E-state index is 12.9. The van der Waals surface area contributed by atoms with Crippen LogP contribution in [-0.2, 0) is 15.1 Å². The monoisotopic (exact) mass is 401 g/mol. The van der Waals surface area contributed by atoms with Crippen LogP contribution in [0.4, 0.5) is 10.5 Å². The summed E-state index contributed by atoms with van der Waals surface area (Å²) < 4.78 is 5.23. The Morgan fingerprint density at radius 3 is 2.64 bits per heavy atom. The first-order valence-electron chi connectivity index (χ1n) is 8.60. The maximum Gasteiger partial charge on any atom is 0.325 e. The van der Waals surface area contributed by atoms with Crippen molar-refractivity contribution < 1.29 is 19.1 Å². The van der Waals surface area contributed by atoms with Crippen LogP contribution >= 0.6 is 11.6 Å². The van der Waals surface area contributed by atoms with Crippen LogP contribution in [0.3, 0.4) is 0 Å². The number of aryl methyl sites for hydroxylation is 1. The van der Waals surface area contributed by atoms with E-state index in [0.29, 0.717) is 22.0 Å². The molecular weight excluding hydrogens is 382 g/mol. The summed E-state index contributed by atoms with van der Waals surface area (Å²) in [6.07, 6.45) is 0. The second-order valence-electron chi connectivity index (χ2n) is 6.68. The van der Waals surface area contributed by atoms with Crippen LogP contribution in [0.1, 0.15) is 18.1 Å². The summed E-state index contributed by atoms with van der Waals surface area (Å²) in [6, 6.07) is 11.4. The summed E-state index contributed by atoms with van der Waals surface area (Å²) >= 11 is 6.20. The quantitative estimate of drug-likeness (QED) is 0.754. The zero-order chi connectivity index (χ0) is 20.5. The number of hydrogen-bond acceptors (Lipinski definition) is 4. The molecule has 0 unspecified atom stereocenters. The first kappa shape index (κ1) is 19.7. The minimum absolute atomic E-state index is 0.356. The first-order valence-corrected chi connectivity index (χ1v) is 8.97. The predicted octanol–water partition coefficient (Wildman–Crippen LogP) is 3.06. The number of ether oxygens (including phenoxy) is 1. The van der Waals surface area contributed by atoms with Crippen LogP contribution in [0, 0.1) is 6.92 Å². The second kappa shape index (κ2) is 7.52. The molecule has 1 heterocycles. The Hall–Kier alpha value is -3.06. The molecule has 2 aromatic carbocycles. The molecule has 0 bridgehead atoms. The van der Waals surface area contributed by atoms with E-state index in [1.54, 1.807) is 43.3 Å². The van der Waals surface area contributed by atoms with Gasteiger partial charge in [-0.15, -0.1) is 0 Å². The molecule has 1 aliphatic rings. The van der Waals surface area contributed by atoms with Gasteiger partial charge < -0.3 is 15.4 Å². The summed E-state index contributed by atoms with van der Waals surface area (Å²) in [7, 11) is 1.49. The highest BCUT2D eigenvalue weighted by Crippen LogP contribution is 2.33. The van der Waals surface area contributed by atoms with E-state index in [2.05, 4.69) is 10.6 Å². The topological polar surface area (TPSA) is 87.7 Å². The highest BCUT2D eigenvalue weighted by Gasteiger charge is 2.50. The number of nitrogens with one attached hydrogen (secondary N) is 2. The van der Waals surface area contributed by atoms with Crippen molar-refractivity contribution in [3.63, 3.8) is 0 Å². The number of methoxy groups -OCH3 is 1. The Morgan fingerprint density at radius 1 is 1.25 bits per heavy atom. The van der Waals surface area contributed by atoms with Crippen molar-refractivity contribution in [3.8, 4) is 5.75 Å². The standard InChI is InChI=1S/C20H20ClN3O4/c1-12-8-9-16(28-3)15(10-12)22-17(25)11-24-18(26)20(2,23-19(24)27)13-6-4-5-7-14(13)21/h4-10H,11H2,1-3H3,(H,22,25)(H,23,27)/t20-/m1/s1. The molecule has 8 heteroatoms. The molecule has 4 amide bonds. The smallest absolute Gasteiger partial charge is 0.325 e. The van der Waals surface area contributed by atoms with Gasteiger partial charge in [-0.1, -0.05) is 35.9 Å². The van der Waals surface area contributed by atoms with Gasteiger partial charge in [-0.25, -0.2) is 4.79 Å². The summed E-state index contributed by atoms with van der Waals surface area (Å²) in [6.45, 7) is 3.01. The summed E-state index contributed by atoms with van der Waals surface area (Å²) in [5.41, 5.74) is 0.528. The van der Waals surface area contributed by atoms with Crippen LogP contribution in [0.5, 0.6) is 5.75 Å². The number of benzene rings is 2. The van der Waals surface area contributed by atoms with Gasteiger partial charge in [-0.2, -0.15) is 0 Å². The fourth-order valence-corrected chi connectivity index (χ4v) is 3.47. The molecule has 2 N–H and O–H groups in total. The van der Waals surface area contributed by atoms with Crippen LogP contribution in [0.2, 0.25) is 5.02 Å². The van der Waals surface area contributed by atoms with Gasteiger partial charge in [0, 0.05) is 10.6 Å². The number of amides is 4. The average Bonchev–Trinajstić information content (AvgIpc) is 2.86. The number of nitrogens with zero attached hydrogens (tertiary/aromatic N) is 1. The SMILES string of the molecule is COc1ccc(C)cc1NC(=O)CN1C(=O)N[C@](C)(c2ccccc2Cl)C1=O. The van der Waals surface area contributed by atoms with E-state index in [-0.39, 0.29) is 0 Å². The number of rotatable bonds is 5. The van der Waals surface area contributed by atoms with Crippen molar-refractivity contribution in [2.45, 2.75) is 19.4 Å². The van der Waals surface area contributed by atoms with Crippen LogP contribution in [-0.4, -0.2) is 36.4 Å².